The molecule has 3 rings (SSSR count). The summed E-state index contributed by atoms with van der Waals surface area (Å²) in [4.78, 5) is 11.2. The molecule has 0 aliphatic rings. The molecule has 0 aliphatic heterocycles. The van der Waals surface area contributed by atoms with Gasteiger partial charge in [0, 0.05) is 17.5 Å². The summed E-state index contributed by atoms with van der Waals surface area (Å²) in [5.41, 5.74) is 0.841. The van der Waals surface area contributed by atoms with Crippen LogP contribution in [0.15, 0.2) is 22.9 Å². The van der Waals surface area contributed by atoms with Crippen LogP contribution < -0.4 is 10.6 Å². The third kappa shape index (κ3) is 2.57. The fourth-order valence-corrected chi connectivity index (χ4v) is 2.80. The van der Waals surface area contributed by atoms with Gasteiger partial charge in [0.15, 0.2) is 0 Å². The first-order chi connectivity index (χ1) is 9.76. The molecule has 3 heterocycles. The maximum Gasteiger partial charge on any atom is 0.226 e. The zero-order valence-electron chi connectivity index (χ0n) is 11.3. The normalized spacial score (nSPS) is 10.9. The van der Waals surface area contributed by atoms with Gasteiger partial charge in [-0.05, 0) is 19.9 Å². The van der Waals surface area contributed by atoms with Gasteiger partial charge in [0.1, 0.15) is 22.6 Å². The first-order valence-electron chi connectivity index (χ1n) is 6.41. The lowest BCUT2D eigenvalue weighted by Gasteiger charge is -2.07. The Balaban J connectivity index is 1.93. The molecule has 7 heteroatoms. The van der Waals surface area contributed by atoms with Gasteiger partial charge in [-0.15, -0.1) is 11.3 Å². The van der Waals surface area contributed by atoms with E-state index in [4.69, 9.17) is 4.52 Å². The molecule has 0 atom stereocenters. The number of anilines is 2. The molecule has 0 radical (unpaired) electrons. The van der Waals surface area contributed by atoms with E-state index in [-0.39, 0.29) is 0 Å². The van der Waals surface area contributed by atoms with Gasteiger partial charge in [0.2, 0.25) is 5.95 Å². The van der Waals surface area contributed by atoms with Gasteiger partial charge in [-0.1, -0.05) is 5.16 Å². The van der Waals surface area contributed by atoms with E-state index in [2.05, 4.69) is 38.7 Å². The van der Waals surface area contributed by atoms with Crippen molar-refractivity contribution in [2.45, 2.75) is 20.4 Å². The van der Waals surface area contributed by atoms with Crippen LogP contribution in [0.3, 0.4) is 0 Å². The van der Waals surface area contributed by atoms with Crippen LogP contribution in [-0.4, -0.2) is 21.7 Å². The molecule has 0 bridgehead atoms. The lowest BCUT2D eigenvalue weighted by Crippen LogP contribution is -2.07. The van der Waals surface area contributed by atoms with Gasteiger partial charge in [-0.25, -0.2) is 4.98 Å². The maximum atomic E-state index is 4.82. The van der Waals surface area contributed by atoms with E-state index in [0.717, 1.165) is 28.3 Å². The summed E-state index contributed by atoms with van der Waals surface area (Å²) in [6.45, 7) is 5.46. The highest BCUT2D eigenvalue weighted by Gasteiger charge is 2.10. The molecule has 0 aromatic carbocycles. The van der Waals surface area contributed by atoms with Crippen LogP contribution in [0.5, 0.6) is 0 Å². The summed E-state index contributed by atoms with van der Waals surface area (Å²) >= 11 is 1.66. The average Bonchev–Trinajstić information content (AvgIpc) is 3.04. The summed E-state index contributed by atoms with van der Waals surface area (Å²) in [6.07, 6.45) is 1.56. The lowest BCUT2D eigenvalue weighted by atomic mass is 10.3. The number of hydrogen-bond acceptors (Lipinski definition) is 7. The smallest absolute Gasteiger partial charge is 0.226 e. The van der Waals surface area contributed by atoms with Gasteiger partial charge in [0.05, 0.1) is 11.9 Å². The molecule has 0 spiro atoms. The second-order valence-corrected chi connectivity index (χ2v) is 5.58. The molecule has 0 saturated carbocycles. The number of hydrogen-bond donors (Lipinski definition) is 2. The third-order valence-corrected chi connectivity index (χ3v) is 3.72. The standard InChI is InChI=1S/C13H15N5OS/c1-3-14-13-16-11(15-7-9-4-5-19-18-9)10-6-8(2)20-12(10)17-13/h4-6H,3,7H2,1-2H3,(H2,14,15,16,17). The van der Waals surface area contributed by atoms with Crippen LogP contribution >= 0.6 is 11.3 Å². The number of fused-ring (bicyclic) bond motifs is 1. The van der Waals surface area contributed by atoms with Crippen molar-refractivity contribution >= 4 is 33.3 Å². The van der Waals surface area contributed by atoms with Crippen molar-refractivity contribution in [1.82, 2.24) is 15.1 Å². The first kappa shape index (κ1) is 12.9. The SMILES string of the molecule is CCNc1nc(NCc2ccon2)c2cc(C)sc2n1. The number of thiophene rings is 1. The third-order valence-electron chi connectivity index (χ3n) is 2.78. The van der Waals surface area contributed by atoms with Crippen molar-refractivity contribution in [2.75, 3.05) is 17.2 Å². The van der Waals surface area contributed by atoms with Crippen LogP contribution in [0.25, 0.3) is 10.2 Å². The Labute approximate surface area is 120 Å². The van der Waals surface area contributed by atoms with Crippen LogP contribution in [0, 0.1) is 6.92 Å². The van der Waals surface area contributed by atoms with Gasteiger partial charge in [-0.2, -0.15) is 4.98 Å². The monoisotopic (exact) mass is 289 g/mol. The van der Waals surface area contributed by atoms with E-state index in [1.54, 1.807) is 17.6 Å². The Morgan fingerprint density at radius 1 is 1.30 bits per heavy atom. The van der Waals surface area contributed by atoms with Crippen molar-refractivity contribution < 1.29 is 4.52 Å². The number of nitrogens with one attached hydrogen (secondary N) is 2. The van der Waals surface area contributed by atoms with Gasteiger partial charge in [0.25, 0.3) is 0 Å². The summed E-state index contributed by atoms with van der Waals surface area (Å²) in [7, 11) is 0. The summed E-state index contributed by atoms with van der Waals surface area (Å²) in [5, 5.41) is 11.4. The van der Waals surface area contributed by atoms with E-state index in [0.29, 0.717) is 12.5 Å². The zero-order valence-corrected chi connectivity index (χ0v) is 12.1. The van der Waals surface area contributed by atoms with Gasteiger partial charge < -0.3 is 15.2 Å². The Morgan fingerprint density at radius 2 is 2.20 bits per heavy atom. The topological polar surface area (TPSA) is 75.9 Å². The molecule has 2 N–H and O–H groups in total. The fourth-order valence-electron chi connectivity index (χ4n) is 1.92. The fraction of sp³-hybridized carbons (Fsp3) is 0.308. The molecule has 0 fully saturated rings. The van der Waals surface area contributed by atoms with Gasteiger partial charge >= 0.3 is 0 Å². The average molecular weight is 289 g/mol. The van der Waals surface area contributed by atoms with Crippen LogP contribution in [0.2, 0.25) is 0 Å². The van der Waals surface area contributed by atoms with E-state index in [1.807, 2.05) is 13.0 Å². The Morgan fingerprint density at radius 3 is 2.95 bits per heavy atom. The lowest BCUT2D eigenvalue weighted by molar-refractivity contribution is 0.412. The van der Waals surface area contributed by atoms with Crippen LogP contribution in [-0.2, 0) is 6.54 Å². The van der Waals surface area contributed by atoms with Crippen LogP contribution in [0.4, 0.5) is 11.8 Å². The highest BCUT2D eigenvalue weighted by molar-refractivity contribution is 7.18. The molecule has 104 valence electrons. The molecule has 6 nitrogen and oxygen atoms in total. The Hall–Kier alpha value is -2.15. The van der Waals surface area contributed by atoms with E-state index in [9.17, 15) is 0 Å². The highest BCUT2D eigenvalue weighted by Crippen LogP contribution is 2.29. The van der Waals surface area contributed by atoms with Crippen molar-refractivity contribution in [2.24, 2.45) is 0 Å². The molecular weight excluding hydrogens is 274 g/mol. The Kier molecular flexibility index (Phi) is 3.51. The predicted molar refractivity (Wildman–Crippen MR) is 80.1 cm³/mol. The summed E-state index contributed by atoms with van der Waals surface area (Å²) < 4.78 is 4.82. The van der Waals surface area contributed by atoms with Crippen molar-refractivity contribution in [3.8, 4) is 0 Å². The summed E-state index contributed by atoms with van der Waals surface area (Å²) in [6, 6.07) is 3.93. The van der Waals surface area contributed by atoms with Crippen molar-refractivity contribution in [3.63, 3.8) is 0 Å². The molecule has 3 aromatic rings. The van der Waals surface area contributed by atoms with E-state index >= 15 is 0 Å². The molecule has 0 saturated heterocycles. The number of aryl methyl sites for hydroxylation is 1. The zero-order chi connectivity index (χ0) is 13.9. The largest absolute Gasteiger partial charge is 0.364 e. The minimum absolute atomic E-state index is 0.572. The molecule has 3 aromatic heterocycles. The minimum Gasteiger partial charge on any atom is -0.364 e. The second-order valence-electron chi connectivity index (χ2n) is 4.35. The minimum atomic E-state index is 0.572. The van der Waals surface area contributed by atoms with Gasteiger partial charge in [-0.3, -0.25) is 0 Å². The quantitative estimate of drug-likeness (QED) is 0.752. The molecule has 20 heavy (non-hydrogen) atoms. The van der Waals surface area contributed by atoms with E-state index in [1.165, 1.54) is 4.88 Å². The molecule has 0 aliphatic carbocycles. The Bertz CT molecular complexity index is 707. The number of nitrogens with zero attached hydrogens (tertiary/aromatic N) is 3. The van der Waals surface area contributed by atoms with Crippen molar-refractivity contribution in [3.05, 3.63) is 29.0 Å². The molecule has 0 unspecified atom stereocenters. The van der Waals surface area contributed by atoms with Crippen LogP contribution in [0.1, 0.15) is 17.5 Å². The second kappa shape index (κ2) is 5.46. The molecular formula is C13H15N5OS. The molecule has 0 amide bonds. The number of rotatable bonds is 5. The van der Waals surface area contributed by atoms with Crippen molar-refractivity contribution in [1.29, 1.82) is 0 Å². The number of aromatic nitrogens is 3. The predicted octanol–water partition coefficient (Wildman–Crippen LogP) is 3.03. The maximum absolute atomic E-state index is 4.82. The first-order valence-corrected chi connectivity index (χ1v) is 7.23. The van der Waals surface area contributed by atoms with E-state index < -0.39 is 0 Å². The summed E-state index contributed by atoms with van der Waals surface area (Å²) in [5.74, 6) is 1.46. The highest BCUT2D eigenvalue weighted by atomic mass is 32.1.